The Morgan fingerprint density at radius 1 is 1.48 bits per heavy atom. The van der Waals surface area contributed by atoms with E-state index >= 15 is 0 Å². The summed E-state index contributed by atoms with van der Waals surface area (Å²) < 4.78 is 5.28. The molecule has 1 aliphatic heterocycles. The van der Waals surface area contributed by atoms with E-state index in [9.17, 15) is 14.7 Å². The third-order valence-corrected chi connectivity index (χ3v) is 4.48. The Morgan fingerprint density at radius 2 is 2.16 bits per heavy atom. The standard InChI is InChI=1S/C15H26N6O4/c1-4-6(2)9(16)14(24)25-7(3)11(22)8-5-18-12-10(19-8)13(23)21-15(17)20-12/h6-9,11,19,22H,4-5,16H2,1-3H3,(H4,17,18,20,21,23)/t6?,7-,8+,9-,11-/m0/s1. The maximum absolute atomic E-state index is 12.1. The van der Waals surface area contributed by atoms with E-state index in [1.54, 1.807) is 6.92 Å². The van der Waals surface area contributed by atoms with Crippen LogP contribution in [0.15, 0.2) is 4.79 Å². The van der Waals surface area contributed by atoms with E-state index in [-0.39, 0.29) is 24.1 Å². The predicted molar refractivity (Wildman–Crippen MR) is 94.2 cm³/mol. The molecule has 8 N–H and O–H groups in total. The minimum atomic E-state index is -1.05. The van der Waals surface area contributed by atoms with Crippen LogP contribution in [-0.4, -0.2) is 51.9 Å². The summed E-state index contributed by atoms with van der Waals surface area (Å²) in [5.41, 5.74) is 11.1. The van der Waals surface area contributed by atoms with Crippen molar-refractivity contribution in [2.75, 3.05) is 22.9 Å². The lowest BCUT2D eigenvalue weighted by Gasteiger charge is -2.33. The first-order chi connectivity index (χ1) is 11.7. The molecule has 1 aromatic heterocycles. The van der Waals surface area contributed by atoms with Crippen molar-refractivity contribution in [2.24, 2.45) is 11.7 Å². The number of nitrogens with zero attached hydrogens (tertiary/aromatic N) is 1. The van der Waals surface area contributed by atoms with Gasteiger partial charge in [-0.15, -0.1) is 0 Å². The number of H-pyrrole nitrogens is 1. The number of aromatic nitrogens is 2. The van der Waals surface area contributed by atoms with Crippen LogP contribution in [0.4, 0.5) is 17.5 Å². The van der Waals surface area contributed by atoms with Gasteiger partial charge in [0.2, 0.25) is 5.95 Å². The first kappa shape index (κ1) is 19.0. The number of nitrogen functional groups attached to an aromatic ring is 1. The predicted octanol–water partition coefficient (Wildman–Crippen LogP) is -0.776. The number of carbonyl (C=O) groups is 1. The van der Waals surface area contributed by atoms with E-state index in [2.05, 4.69) is 20.6 Å². The van der Waals surface area contributed by atoms with Crippen LogP contribution in [-0.2, 0) is 9.53 Å². The lowest BCUT2D eigenvalue weighted by molar-refractivity contribution is -0.157. The SMILES string of the molecule is CCC(C)[C@H](N)C(=O)O[C@@H](C)[C@H](O)[C@H]1CNc2nc(N)[nH]c(=O)c2N1. The summed E-state index contributed by atoms with van der Waals surface area (Å²) in [6.07, 6.45) is -1.10. The van der Waals surface area contributed by atoms with E-state index < -0.39 is 35.8 Å². The molecule has 1 aliphatic rings. The number of ether oxygens (including phenoxy) is 1. The quantitative estimate of drug-likeness (QED) is 0.359. The van der Waals surface area contributed by atoms with Gasteiger partial charge in [0.15, 0.2) is 5.82 Å². The fraction of sp³-hybridized carbons (Fsp3) is 0.667. The Morgan fingerprint density at radius 3 is 2.80 bits per heavy atom. The molecule has 2 heterocycles. The molecular formula is C15H26N6O4. The summed E-state index contributed by atoms with van der Waals surface area (Å²) in [4.78, 5) is 30.4. The highest BCUT2D eigenvalue weighted by molar-refractivity contribution is 5.76. The van der Waals surface area contributed by atoms with Crippen LogP contribution >= 0.6 is 0 Å². The zero-order valence-electron chi connectivity index (χ0n) is 14.6. The number of esters is 1. The molecule has 10 nitrogen and oxygen atoms in total. The van der Waals surface area contributed by atoms with Crippen molar-refractivity contribution >= 4 is 23.4 Å². The van der Waals surface area contributed by atoms with Crippen LogP contribution in [0.5, 0.6) is 0 Å². The zero-order chi connectivity index (χ0) is 18.7. The minimum Gasteiger partial charge on any atom is -0.459 e. The lowest BCUT2D eigenvalue weighted by atomic mass is 10.00. The summed E-state index contributed by atoms with van der Waals surface area (Å²) in [6.45, 7) is 5.66. The summed E-state index contributed by atoms with van der Waals surface area (Å²) >= 11 is 0. The first-order valence-corrected chi connectivity index (χ1v) is 8.28. The van der Waals surface area contributed by atoms with Crippen LogP contribution < -0.4 is 27.7 Å². The van der Waals surface area contributed by atoms with Gasteiger partial charge >= 0.3 is 5.97 Å². The second-order valence-electron chi connectivity index (χ2n) is 6.35. The monoisotopic (exact) mass is 354 g/mol. The Bertz CT molecular complexity index is 678. The van der Waals surface area contributed by atoms with Crippen molar-refractivity contribution in [1.29, 1.82) is 0 Å². The number of hydrogen-bond donors (Lipinski definition) is 6. The highest BCUT2D eigenvalue weighted by atomic mass is 16.6. The number of aromatic amines is 1. The number of hydrogen-bond acceptors (Lipinski definition) is 9. The number of aliphatic hydroxyl groups excluding tert-OH is 1. The Labute approximate surface area is 145 Å². The third-order valence-electron chi connectivity index (χ3n) is 4.48. The van der Waals surface area contributed by atoms with Gasteiger partial charge in [-0.2, -0.15) is 4.98 Å². The number of nitrogens with one attached hydrogen (secondary N) is 3. The zero-order valence-corrected chi connectivity index (χ0v) is 14.6. The van der Waals surface area contributed by atoms with E-state index in [0.717, 1.165) is 6.42 Å². The molecule has 0 saturated heterocycles. The van der Waals surface area contributed by atoms with E-state index in [1.807, 2.05) is 13.8 Å². The average molecular weight is 354 g/mol. The van der Waals surface area contributed by atoms with Crippen LogP contribution in [0.25, 0.3) is 0 Å². The second kappa shape index (κ2) is 7.70. The highest BCUT2D eigenvalue weighted by Crippen LogP contribution is 2.22. The molecule has 0 bridgehead atoms. The smallest absolute Gasteiger partial charge is 0.323 e. The van der Waals surface area contributed by atoms with Gasteiger partial charge in [0.05, 0.1) is 6.04 Å². The second-order valence-corrected chi connectivity index (χ2v) is 6.35. The van der Waals surface area contributed by atoms with Crippen LogP contribution in [0.3, 0.4) is 0 Å². The Kier molecular flexibility index (Phi) is 5.85. The van der Waals surface area contributed by atoms with Gasteiger partial charge in [0, 0.05) is 6.54 Å². The summed E-state index contributed by atoms with van der Waals surface area (Å²) in [6, 6.07) is -1.30. The molecular weight excluding hydrogens is 328 g/mol. The van der Waals surface area contributed by atoms with Gasteiger partial charge in [-0.05, 0) is 12.8 Å². The van der Waals surface area contributed by atoms with Gasteiger partial charge in [-0.25, -0.2) is 0 Å². The fourth-order valence-corrected chi connectivity index (χ4v) is 2.55. The maximum Gasteiger partial charge on any atom is 0.323 e. The van der Waals surface area contributed by atoms with Gasteiger partial charge in [0.25, 0.3) is 5.56 Å². The summed E-state index contributed by atoms with van der Waals surface area (Å²) in [7, 11) is 0. The summed E-state index contributed by atoms with van der Waals surface area (Å²) in [5, 5.41) is 16.3. The topological polar surface area (TPSA) is 168 Å². The van der Waals surface area contributed by atoms with Crippen LogP contribution in [0.2, 0.25) is 0 Å². The molecule has 0 amide bonds. The number of rotatable bonds is 6. The average Bonchev–Trinajstić information content (AvgIpc) is 2.59. The molecule has 1 aromatic rings. The van der Waals surface area contributed by atoms with Crippen molar-refractivity contribution in [1.82, 2.24) is 9.97 Å². The molecule has 2 rings (SSSR count). The van der Waals surface area contributed by atoms with Gasteiger partial charge in [-0.3, -0.25) is 14.6 Å². The normalized spacial score (nSPS) is 21.1. The molecule has 0 aliphatic carbocycles. The number of nitrogens with two attached hydrogens (primary N) is 2. The molecule has 0 spiro atoms. The fourth-order valence-electron chi connectivity index (χ4n) is 2.55. The Balaban J connectivity index is 2.02. The number of carbonyl (C=O) groups excluding carboxylic acids is 1. The molecule has 10 heteroatoms. The lowest BCUT2D eigenvalue weighted by Crippen LogP contribution is -2.51. The molecule has 0 saturated carbocycles. The largest absolute Gasteiger partial charge is 0.459 e. The molecule has 0 radical (unpaired) electrons. The van der Waals surface area contributed by atoms with Crippen molar-refractivity contribution in [3.05, 3.63) is 10.4 Å². The van der Waals surface area contributed by atoms with E-state index in [0.29, 0.717) is 5.82 Å². The van der Waals surface area contributed by atoms with E-state index in [1.165, 1.54) is 0 Å². The number of anilines is 3. The third kappa shape index (κ3) is 4.20. The van der Waals surface area contributed by atoms with E-state index in [4.69, 9.17) is 16.2 Å². The van der Waals surface area contributed by atoms with Crippen molar-refractivity contribution in [3.63, 3.8) is 0 Å². The van der Waals surface area contributed by atoms with Gasteiger partial charge in [-0.1, -0.05) is 20.3 Å². The van der Waals surface area contributed by atoms with Crippen molar-refractivity contribution in [3.8, 4) is 0 Å². The molecule has 140 valence electrons. The van der Waals surface area contributed by atoms with Crippen molar-refractivity contribution < 1.29 is 14.6 Å². The van der Waals surface area contributed by atoms with Crippen LogP contribution in [0.1, 0.15) is 27.2 Å². The number of aliphatic hydroxyl groups is 1. The summed E-state index contributed by atoms with van der Waals surface area (Å²) in [5.74, 6) is -0.267. The van der Waals surface area contributed by atoms with Crippen molar-refractivity contribution in [2.45, 2.75) is 51.5 Å². The number of fused-ring (bicyclic) bond motifs is 1. The highest BCUT2D eigenvalue weighted by Gasteiger charge is 2.33. The molecule has 0 fully saturated rings. The molecule has 25 heavy (non-hydrogen) atoms. The maximum atomic E-state index is 12.1. The Hall–Kier alpha value is -2.33. The first-order valence-electron chi connectivity index (χ1n) is 8.28. The molecule has 5 atom stereocenters. The molecule has 0 aromatic carbocycles. The van der Waals surface area contributed by atoms with Gasteiger partial charge in [0.1, 0.15) is 23.9 Å². The molecule has 1 unspecified atom stereocenters. The van der Waals surface area contributed by atoms with Gasteiger partial charge < -0.3 is 31.9 Å². The van der Waals surface area contributed by atoms with Crippen LogP contribution in [0, 0.1) is 5.92 Å². The minimum absolute atomic E-state index is 0.00150.